The van der Waals surface area contributed by atoms with Crippen LogP contribution in [0.15, 0.2) is 0 Å². The Labute approximate surface area is 45.2 Å². The number of halogens is 1. The molecule has 0 aromatic carbocycles. The predicted molar refractivity (Wildman–Crippen MR) is 13.8 cm³/mol. The van der Waals surface area contributed by atoms with Gasteiger partial charge in [0.15, 0.2) is 0 Å². The Balaban J connectivity index is 0. The van der Waals surface area contributed by atoms with Crippen molar-refractivity contribution >= 4 is 0 Å². The number of hydrogen-bond acceptors (Lipinski definition) is 3. The predicted octanol–water partition coefficient (Wildman–Crippen LogP) is -4.76. The van der Waals surface area contributed by atoms with Gasteiger partial charge in [-0.3, -0.25) is 0 Å². The van der Waals surface area contributed by atoms with Crippen molar-refractivity contribution in [3.8, 4) is 0 Å². The lowest BCUT2D eigenvalue weighted by atomic mass is 11.3. The third kappa shape index (κ3) is 6190. The summed E-state index contributed by atoms with van der Waals surface area (Å²) in [7, 11) is 1.15. The average molecular weight is 130 g/mol. The van der Waals surface area contributed by atoms with E-state index >= 15 is 0 Å². The molecule has 4 nitrogen and oxygen atoms in total. The molecular formula is C2H8ClNO3. The zero-order chi connectivity index (χ0) is 6.28. The summed E-state index contributed by atoms with van der Waals surface area (Å²) >= 11 is 0. The van der Waals surface area contributed by atoms with Crippen LogP contribution in [0.2, 0.25) is 0 Å². The molecule has 0 amide bonds. The molecule has 0 spiro atoms. The number of rotatable bonds is 0. The summed E-state index contributed by atoms with van der Waals surface area (Å²) in [4.78, 5) is 0. The second-order valence-corrected chi connectivity index (χ2v) is 1.14. The summed E-state index contributed by atoms with van der Waals surface area (Å²) < 4.78 is 25.2. The van der Waals surface area contributed by atoms with Gasteiger partial charge in [0.05, 0.1) is 24.9 Å². The molecule has 0 aliphatic rings. The minimum absolute atomic E-state index is 2.00. The van der Waals surface area contributed by atoms with Gasteiger partial charge in [-0.25, -0.2) is 0 Å². The summed E-state index contributed by atoms with van der Waals surface area (Å²) in [6, 6.07) is 0. The zero-order valence-electron chi connectivity index (χ0n) is 4.18. The van der Waals surface area contributed by atoms with Gasteiger partial charge in [-0.2, -0.15) is 0 Å². The van der Waals surface area contributed by atoms with Crippen molar-refractivity contribution in [2.75, 3.05) is 14.1 Å². The Hall–Kier alpha value is 0.130. The summed E-state index contributed by atoms with van der Waals surface area (Å²) in [5.74, 6) is 0. The molecule has 0 unspecified atom stereocenters. The molecule has 0 rings (SSSR count). The lowest BCUT2D eigenvalue weighted by molar-refractivity contribution is -1.73. The molecular weight excluding hydrogens is 121 g/mol. The molecule has 0 atom stereocenters. The van der Waals surface area contributed by atoms with E-state index in [1.54, 1.807) is 0 Å². The number of nitrogens with two attached hydrogens (primary N) is 1. The smallest absolute Gasteiger partial charge is 0.0695 e. The van der Waals surface area contributed by atoms with Gasteiger partial charge in [0.2, 0.25) is 0 Å². The van der Waals surface area contributed by atoms with Crippen molar-refractivity contribution in [2.24, 2.45) is 0 Å². The average Bonchev–Trinajstić information content (AvgIpc) is 1.33. The van der Waals surface area contributed by atoms with Crippen LogP contribution in [0.1, 0.15) is 0 Å². The molecule has 0 aliphatic heterocycles. The molecule has 7 heavy (non-hydrogen) atoms. The first kappa shape index (κ1) is 10.2. The second-order valence-electron chi connectivity index (χ2n) is 0.766. The standard InChI is InChI=1S/C2H7N.ClO3/c1-3-2;2-1(3)4/h3H,1-2H3;/q;-1/p+1. The monoisotopic (exact) mass is 129 g/mol. The van der Waals surface area contributed by atoms with E-state index in [-0.39, 0.29) is 0 Å². The van der Waals surface area contributed by atoms with Gasteiger partial charge in [0, 0.05) is 0 Å². The van der Waals surface area contributed by atoms with Crippen LogP contribution >= 0.6 is 0 Å². The Morgan fingerprint density at radius 2 is 1.14 bits per heavy atom. The van der Waals surface area contributed by atoms with Crippen molar-refractivity contribution in [1.82, 2.24) is 0 Å². The van der Waals surface area contributed by atoms with Crippen LogP contribution in [0.25, 0.3) is 0 Å². The normalized spacial score (nSPS) is 7.71. The SMILES string of the molecule is C[NH2+]C.[O-][Cl+2]([O-])[O-]. The molecule has 5 heteroatoms. The van der Waals surface area contributed by atoms with E-state index in [9.17, 15) is 0 Å². The second kappa shape index (κ2) is 9.46. The van der Waals surface area contributed by atoms with E-state index in [2.05, 4.69) is 0 Å². The minimum Gasteiger partial charge on any atom is -0.357 e. The molecule has 0 heterocycles. The highest BCUT2D eigenvalue weighted by Crippen LogP contribution is 1.24. The molecule has 0 aliphatic carbocycles. The maximum absolute atomic E-state index is 8.41. The molecule has 0 aromatic heterocycles. The van der Waals surface area contributed by atoms with Crippen molar-refractivity contribution < 1.29 is 30.1 Å². The fourth-order valence-corrected chi connectivity index (χ4v) is 0. The van der Waals surface area contributed by atoms with Crippen LogP contribution in [0, 0.1) is 10.8 Å². The number of hydrogen-bond donors (Lipinski definition) is 1. The van der Waals surface area contributed by atoms with E-state index in [0.29, 0.717) is 0 Å². The molecule has 0 saturated heterocycles. The van der Waals surface area contributed by atoms with Gasteiger partial charge in [0.25, 0.3) is 0 Å². The van der Waals surface area contributed by atoms with Crippen molar-refractivity contribution in [1.29, 1.82) is 0 Å². The van der Waals surface area contributed by atoms with Crippen LogP contribution in [0.3, 0.4) is 0 Å². The first-order valence-electron chi connectivity index (χ1n) is 1.62. The Bertz CT molecular complexity index is 24.1. The van der Waals surface area contributed by atoms with E-state index in [1.807, 2.05) is 19.4 Å². The highest BCUT2D eigenvalue weighted by molar-refractivity contribution is 3.35. The molecule has 0 aromatic rings. The molecule has 0 bridgehead atoms. The number of quaternary nitrogens is 1. The van der Waals surface area contributed by atoms with Gasteiger partial charge in [-0.15, -0.1) is 0 Å². The van der Waals surface area contributed by atoms with E-state index in [1.165, 1.54) is 0 Å². The van der Waals surface area contributed by atoms with Gasteiger partial charge in [0.1, 0.15) is 0 Å². The molecule has 46 valence electrons. The fourth-order valence-electron chi connectivity index (χ4n) is 0. The third-order valence-corrected chi connectivity index (χ3v) is 0. The summed E-state index contributed by atoms with van der Waals surface area (Å²) in [6.45, 7) is 0. The molecule has 0 radical (unpaired) electrons. The highest BCUT2D eigenvalue weighted by Gasteiger charge is 1.60. The van der Waals surface area contributed by atoms with Crippen molar-refractivity contribution in [2.45, 2.75) is 0 Å². The lowest BCUT2D eigenvalue weighted by Crippen LogP contribution is -2.74. The summed E-state index contributed by atoms with van der Waals surface area (Å²) in [6.07, 6.45) is 0. The molecule has 0 saturated carbocycles. The topological polar surface area (TPSA) is 85.8 Å². The first-order valence-corrected chi connectivity index (χ1v) is 2.54. The first-order chi connectivity index (χ1) is 3.15. The maximum atomic E-state index is 8.41. The lowest BCUT2D eigenvalue weighted by Gasteiger charge is -1.89. The Morgan fingerprint density at radius 1 is 1.14 bits per heavy atom. The summed E-state index contributed by atoms with van der Waals surface area (Å²) in [5.41, 5.74) is 0. The quantitative estimate of drug-likeness (QED) is 0.356. The van der Waals surface area contributed by atoms with Crippen LogP contribution < -0.4 is 19.3 Å². The molecule has 2 N–H and O–H groups in total. The van der Waals surface area contributed by atoms with Crippen LogP contribution in [-0.2, 0) is 0 Å². The maximum Gasteiger partial charge on any atom is 0.0695 e. The van der Waals surface area contributed by atoms with Gasteiger partial charge in [-0.05, 0) is 0 Å². The largest absolute Gasteiger partial charge is 0.357 e. The van der Waals surface area contributed by atoms with E-state index in [0.717, 1.165) is 0 Å². The van der Waals surface area contributed by atoms with E-state index in [4.69, 9.17) is 14.0 Å². The Morgan fingerprint density at radius 3 is 1.14 bits per heavy atom. The molecule has 0 fully saturated rings. The van der Waals surface area contributed by atoms with Crippen LogP contribution in [-0.4, -0.2) is 14.1 Å². The van der Waals surface area contributed by atoms with Crippen molar-refractivity contribution in [3.05, 3.63) is 0 Å². The van der Waals surface area contributed by atoms with Gasteiger partial charge in [-0.1, -0.05) is 0 Å². The highest BCUT2D eigenvalue weighted by atomic mass is 35.6. The van der Waals surface area contributed by atoms with E-state index < -0.39 is 10.8 Å². The van der Waals surface area contributed by atoms with Crippen LogP contribution in [0.5, 0.6) is 0 Å². The zero-order valence-corrected chi connectivity index (χ0v) is 4.94. The summed E-state index contributed by atoms with van der Waals surface area (Å²) in [5, 5.41) is 2.00. The van der Waals surface area contributed by atoms with Crippen molar-refractivity contribution in [3.63, 3.8) is 0 Å². The third-order valence-electron chi connectivity index (χ3n) is 0. The van der Waals surface area contributed by atoms with Gasteiger partial charge < -0.3 is 19.3 Å². The fraction of sp³-hybridized carbons (Fsp3) is 1.00. The van der Waals surface area contributed by atoms with Gasteiger partial charge >= 0.3 is 0 Å². The Kier molecular flexibility index (Phi) is 13.8. The minimum atomic E-state index is -2.85. The van der Waals surface area contributed by atoms with Crippen LogP contribution in [0.4, 0.5) is 0 Å².